The Balaban J connectivity index is 1.24. The average molecular weight is 464 g/mol. The number of hydrogen-bond donors (Lipinski definition) is 1. The molecule has 34 heavy (non-hydrogen) atoms. The van der Waals surface area contributed by atoms with Gasteiger partial charge in [0, 0.05) is 30.6 Å². The summed E-state index contributed by atoms with van der Waals surface area (Å²) in [5, 5.41) is 0.362. The summed E-state index contributed by atoms with van der Waals surface area (Å²) in [6.07, 6.45) is 0.268. The van der Waals surface area contributed by atoms with Crippen LogP contribution in [0.5, 0.6) is 5.75 Å². The molecule has 3 aliphatic heterocycles. The van der Waals surface area contributed by atoms with Crippen LogP contribution in [0.2, 0.25) is 1.41 Å². The van der Waals surface area contributed by atoms with E-state index in [1.54, 1.807) is 23.1 Å². The van der Waals surface area contributed by atoms with Gasteiger partial charge in [-0.05, 0) is 29.7 Å². The molecule has 0 aromatic heterocycles. The first-order valence-electron chi connectivity index (χ1n) is 11.7. The highest BCUT2D eigenvalue weighted by atomic mass is 16.5. The number of carbonyl (C=O) groups excluding carboxylic acids is 4. The molecule has 4 amide bonds. The quantitative estimate of drug-likeness (QED) is 0.648. The fraction of sp³-hybridized carbons (Fsp3) is 0.360. The van der Waals surface area contributed by atoms with Gasteiger partial charge < -0.3 is 19.3 Å². The van der Waals surface area contributed by atoms with Crippen LogP contribution in [0.25, 0.3) is 0 Å². The molecule has 3 heterocycles. The largest absolute Gasteiger partial charge is 0.489 e. The third kappa shape index (κ3) is 4.38. The van der Waals surface area contributed by atoms with Crippen LogP contribution < -0.4 is 10.0 Å². The number of rotatable bonds is 6. The Labute approximate surface area is 198 Å². The zero-order valence-corrected chi connectivity index (χ0v) is 18.6. The molecule has 2 aromatic rings. The molecular formula is C25H25N3O6. The lowest BCUT2D eigenvalue weighted by molar-refractivity contribution is -0.143. The molecule has 0 radical (unpaired) electrons. The van der Waals surface area contributed by atoms with Gasteiger partial charge in [-0.25, -0.2) is 0 Å². The maximum Gasteiger partial charge on any atom is 0.255 e. The van der Waals surface area contributed by atoms with Crippen molar-refractivity contribution in [3.63, 3.8) is 0 Å². The highest BCUT2D eigenvalue weighted by Gasteiger charge is 2.40. The number of imide groups is 1. The smallest absolute Gasteiger partial charge is 0.255 e. The van der Waals surface area contributed by atoms with Gasteiger partial charge in [-0.15, -0.1) is 0 Å². The number of morpholine rings is 1. The fourth-order valence-electron chi connectivity index (χ4n) is 4.48. The Hall–Kier alpha value is -3.72. The molecule has 9 nitrogen and oxygen atoms in total. The molecule has 0 saturated carbocycles. The molecule has 1 atom stereocenters. The van der Waals surface area contributed by atoms with Crippen LogP contribution in [0.1, 0.15) is 39.9 Å². The molecule has 2 aromatic carbocycles. The molecule has 176 valence electrons. The lowest BCUT2D eigenvalue weighted by atomic mass is 10.0. The Kier molecular flexibility index (Phi) is 5.68. The molecule has 5 rings (SSSR count). The van der Waals surface area contributed by atoms with E-state index in [2.05, 4.69) is 0 Å². The molecule has 1 unspecified atom stereocenters. The molecule has 2 fully saturated rings. The third-order valence-corrected chi connectivity index (χ3v) is 6.36. The van der Waals surface area contributed by atoms with E-state index in [0.717, 1.165) is 11.1 Å². The lowest BCUT2D eigenvalue weighted by Crippen LogP contribution is -2.52. The zero-order valence-electron chi connectivity index (χ0n) is 19.6. The van der Waals surface area contributed by atoms with E-state index in [1.807, 2.05) is 24.3 Å². The summed E-state index contributed by atoms with van der Waals surface area (Å²) in [7, 11) is 0. The number of benzene rings is 2. The minimum atomic E-state index is -0.830. The van der Waals surface area contributed by atoms with Gasteiger partial charge in [-0.2, -0.15) is 0 Å². The Bertz CT molecular complexity index is 1180. The van der Waals surface area contributed by atoms with Crippen LogP contribution >= 0.6 is 0 Å². The van der Waals surface area contributed by atoms with Crippen molar-refractivity contribution in [1.29, 1.82) is 0 Å². The van der Waals surface area contributed by atoms with Crippen LogP contribution in [0.4, 0.5) is 0 Å². The van der Waals surface area contributed by atoms with Crippen LogP contribution in [0, 0.1) is 0 Å². The predicted molar refractivity (Wildman–Crippen MR) is 119 cm³/mol. The Morgan fingerprint density at radius 1 is 1.09 bits per heavy atom. The lowest BCUT2D eigenvalue weighted by Gasteiger charge is -2.29. The standard InChI is InChI=1S/C25H25N3O6/c29-22-9-8-20(24(31)26-22)28-13-19-18(25(28)32)2-1-3-21(19)34-14-17-6-4-16(5-7-17)12-27-10-11-33-15-23(27)30/h1-7,20H,8-15H2,(H,26,29,31)/i/hD. The fourth-order valence-corrected chi connectivity index (χ4v) is 4.48. The van der Waals surface area contributed by atoms with E-state index in [9.17, 15) is 19.2 Å². The summed E-state index contributed by atoms with van der Waals surface area (Å²) < 4.78 is 18.9. The summed E-state index contributed by atoms with van der Waals surface area (Å²) in [5.41, 5.74) is 3.12. The molecule has 0 bridgehead atoms. The van der Waals surface area contributed by atoms with Gasteiger partial charge in [0.05, 0.1) is 13.2 Å². The molecule has 2 saturated heterocycles. The predicted octanol–water partition coefficient (Wildman–Crippen LogP) is 1.39. The summed E-state index contributed by atoms with van der Waals surface area (Å²) in [4.78, 5) is 52.2. The number of piperidine rings is 1. The van der Waals surface area contributed by atoms with E-state index in [1.165, 1.54) is 4.90 Å². The normalized spacial score (nSPS) is 21.1. The van der Waals surface area contributed by atoms with Crippen molar-refractivity contribution < 1.29 is 30.1 Å². The van der Waals surface area contributed by atoms with Crippen LogP contribution in [0.3, 0.4) is 0 Å². The van der Waals surface area contributed by atoms with E-state index in [-0.39, 0.29) is 37.8 Å². The van der Waals surface area contributed by atoms with Crippen molar-refractivity contribution in [2.75, 3.05) is 19.8 Å². The highest BCUT2D eigenvalue weighted by molar-refractivity contribution is 6.05. The van der Waals surface area contributed by atoms with Crippen molar-refractivity contribution in [3.05, 3.63) is 64.7 Å². The van der Waals surface area contributed by atoms with Gasteiger partial charge >= 0.3 is 0 Å². The van der Waals surface area contributed by atoms with Gasteiger partial charge in [0.15, 0.2) is 1.41 Å². The monoisotopic (exact) mass is 464 g/mol. The summed E-state index contributed by atoms with van der Waals surface area (Å²) in [6.45, 7) is 2.28. The van der Waals surface area contributed by atoms with Crippen molar-refractivity contribution in [2.24, 2.45) is 0 Å². The van der Waals surface area contributed by atoms with Gasteiger partial charge in [0.2, 0.25) is 17.7 Å². The molecular weight excluding hydrogens is 438 g/mol. The summed E-state index contributed by atoms with van der Waals surface area (Å²) in [6, 6.07) is 12.2. The molecule has 0 spiro atoms. The SMILES string of the molecule is [2H]N1C(=O)CCC(N2Cc3c(OCc4ccc(CN5CCOCC5=O)cc4)cccc3C2=O)C1=O. The number of nitrogens with one attached hydrogen (secondary N) is 1. The van der Waals surface area contributed by atoms with Crippen molar-refractivity contribution in [3.8, 4) is 5.75 Å². The summed E-state index contributed by atoms with van der Waals surface area (Å²) in [5.74, 6) is -0.982. The second-order valence-electron chi connectivity index (χ2n) is 8.59. The van der Waals surface area contributed by atoms with Crippen molar-refractivity contribution in [2.45, 2.75) is 38.6 Å². The third-order valence-electron chi connectivity index (χ3n) is 6.36. The first-order valence-corrected chi connectivity index (χ1v) is 11.3. The zero-order chi connectivity index (χ0) is 24.5. The number of fused-ring (bicyclic) bond motifs is 1. The second-order valence-corrected chi connectivity index (χ2v) is 8.59. The average Bonchev–Trinajstić information content (AvgIpc) is 3.20. The van der Waals surface area contributed by atoms with Gasteiger partial charge in [-0.3, -0.25) is 24.5 Å². The number of hydrogen-bond acceptors (Lipinski definition) is 6. The second kappa shape index (κ2) is 9.26. The number of carbonyl (C=O) groups is 4. The van der Waals surface area contributed by atoms with Gasteiger partial charge in [0.25, 0.3) is 5.91 Å². The van der Waals surface area contributed by atoms with E-state index in [4.69, 9.17) is 10.9 Å². The molecule has 1 N–H and O–H groups in total. The van der Waals surface area contributed by atoms with Crippen molar-refractivity contribution in [1.82, 2.24) is 15.1 Å². The highest BCUT2D eigenvalue weighted by Crippen LogP contribution is 2.34. The van der Waals surface area contributed by atoms with Crippen molar-refractivity contribution >= 4 is 23.6 Å². The van der Waals surface area contributed by atoms with Crippen LogP contribution in [-0.2, 0) is 38.8 Å². The minimum Gasteiger partial charge on any atom is -0.489 e. The summed E-state index contributed by atoms with van der Waals surface area (Å²) >= 11 is 0. The molecule has 0 aliphatic carbocycles. The van der Waals surface area contributed by atoms with Gasteiger partial charge in [0.1, 0.15) is 25.0 Å². The van der Waals surface area contributed by atoms with Crippen LogP contribution in [0.15, 0.2) is 42.5 Å². The maximum absolute atomic E-state index is 13.0. The number of nitrogens with zero attached hydrogens (tertiary/aromatic N) is 2. The maximum atomic E-state index is 13.0. The first kappa shape index (κ1) is 20.9. The van der Waals surface area contributed by atoms with E-state index in [0.29, 0.717) is 48.5 Å². The molecule has 9 heteroatoms. The Morgan fingerprint density at radius 3 is 2.68 bits per heavy atom. The van der Waals surface area contributed by atoms with E-state index < -0.39 is 17.9 Å². The Morgan fingerprint density at radius 2 is 1.88 bits per heavy atom. The van der Waals surface area contributed by atoms with Gasteiger partial charge in [-0.1, -0.05) is 30.3 Å². The number of ether oxygens (including phenoxy) is 2. The van der Waals surface area contributed by atoms with Crippen LogP contribution in [-0.4, -0.2) is 59.2 Å². The minimum absolute atomic E-state index is 0.0119. The topological polar surface area (TPSA) is 105 Å². The number of amides is 4. The first-order chi connectivity index (χ1) is 16.9. The molecule has 3 aliphatic rings. The van der Waals surface area contributed by atoms with E-state index >= 15 is 0 Å².